The van der Waals surface area contributed by atoms with Crippen LogP contribution in [0.5, 0.6) is 0 Å². The smallest absolute Gasteiger partial charge is 0.306 e. The highest BCUT2D eigenvalue weighted by Gasteiger charge is 2.19. The molecule has 0 spiro atoms. The van der Waals surface area contributed by atoms with Crippen molar-refractivity contribution in [3.63, 3.8) is 0 Å². The Morgan fingerprint density at radius 2 is 0.589 bits per heavy atom. The molecule has 0 heterocycles. The monoisotopic (exact) mass is 793 g/mol. The van der Waals surface area contributed by atoms with E-state index in [-0.39, 0.29) is 31.1 Å². The van der Waals surface area contributed by atoms with Gasteiger partial charge in [0.15, 0.2) is 6.10 Å². The standard InChI is InChI=1S/C50H96O6/c1-5-7-9-11-13-15-17-22-25-29-33-37-41-48(51)54-44-47(56-50(53)43-39-35-31-27-20-16-14-12-10-8-6-2)45-55-49(52)42-38-34-30-26-23-19-18-21-24-28-32-36-40-46(3)4/h46-47H,5-45H2,1-4H3/t47-/m1/s1. The second-order valence-electron chi connectivity index (χ2n) is 17.6. The lowest BCUT2D eigenvalue weighted by Gasteiger charge is -2.18. The maximum absolute atomic E-state index is 12.7. The third kappa shape index (κ3) is 43.5. The van der Waals surface area contributed by atoms with E-state index < -0.39 is 6.10 Å². The predicted octanol–water partition coefficient (Wildman–Crippen LogP) is 15.9. The zero-order valence-corrected chi connectivity index (χ0v) is 38.1. The quantitative estimate of drug-likeness (QED) is 0.0347. The topological polar surface area (TPSA) is 78.9 Å². The van der Waals surface area contributed by atoms with E-state index in [9.17, 15) is 14.4 Å². The van der Waals surface area contributed by atoms with E-state index in [0.29, 0.717) is 19.3 Å². The predicted molar refractivity (Wildman–Crippen MR) is 238 cm³/mol. The zero-order valence-electron chi connectivity index (χ0n) is 38.1. The van der Waals surface area contributed by atoms with Crippen molar-refractivity contribution in [1.82, 2.24) is 0 Å². The fourth-order valence-corrected chi connectivity index (χ4v) is 7.51. The van der Waals surface area contributed by atoms with Crippen LogP contribution in [0.15, 0.2) is 0 Å². The van der Waals surface area contributed by atoms with Crippen molar-refractivity contribution in [1.29, 1.82) is 0 Å². The molecule has 6 nitrogen and oxygen atoms in total. The van der Waals surface area contributed by atoms with Gasteiger partial charge in [-0.05, 0) is 25.2 Å². The molecule has 0 aliphatic carbocycles. The van der Waals surface area contributed by atoms with E-state index in [1.807, 2.05) is 0 Å². The highest BCUT2D eigenvalue weighted by molar-refractivity contribution is 5.71. The second-order valence-corrected chi connectivity index (χ2v) is 17.6. The minimum absolute atomic E-state index is 0.0630. The van der Waals surface area contributed by atoms with Crippen molar-refractivity contribution in [2.75, 3.05) is 13.2 Å². The van der Waals surface area contributed by atoms with E-state index in [4.69, 9.17) is 14.2 Å². The van der Waals surface area contributed by atoms with Gasteiger partial charge in [-0.25, -0.2) is 0 Å². The van der Waals surface area contributed by atoms with Crippen molar-refractivity contribution in [3.8, 4) is 0 Å². The Hall–Kier alpha value is -1.59. The fraction of sp³-hybridized carbons (Fsp3) is 0.940. The number of ether oxygens (including phenoxy) is 3. The molecule has 0 aromatic carbocycles. The lowest BCUT2D eigenvalue weighted by atomic mass is 10.0. The van der Waals surface area contributed by atoms with Gasteiger partial charge in [0.05, 0.1) is 0 Å². The van der Waals surface area contributed by atoms with Crippen molar-refractivity contribution in [3.05, 3.63) is 0 Å². The van der Waals surface area contributed by atoms with Crippen molar-refractivity contribution >= 4 is 17.9 Å². The second kappa shape index (κ2) is 44.5. The van der Waals surface area contributed by atoms with Gasteiger partial charge < -0.3 is 14.2 Å². The van der Waals surface area contributed by atoms with E-state index in [1.54, 1.807) is 0 Å². The maximum atomic E-state index is 12.7. The molecule has 0 unspecified atom stereocenters. The van der Waals surface area contributed by atoms with Gasteiger partial charge in [0.1, 0.15) is 13.2 Å². The Labute approximate surface area is 348 Å². The van der Waals surface area contributed by atoms with Crippen LogP contribution in [-0.2, 0) is 28.6 Å². The molecule has 0 amide bonds. The molecule has 6 heteroatoms. The van der Waals surface area contributed by atoms with Gasteiger partial charge in [-0.15, -0.1) is 0 Å². The summed E-state index contributed by atoms with van der Waals surface area (Å²) < 4.78 is 16.8. The first-order valence-electron chi connectivity index (χ1n) is 24.9. The summed E-state index contributed by atoms with van der Waals surface area (Å²) in [4.78, 5) is 37.8. The Balaban J connectivity index is 4.29. The third-order valence-electron chi connectivity index (χ3n) is 11.3. The molecule has 0 saturated heterocycles. The van der Waals surface area contributed by atoms with Crippen LogP contribution in [0, 0.1) is 5.92 Å². The Kier molecular flexibility index (Phi) is 43.2. The number of hydrogen-bond donors (Lipinski definition) is 0. The van der Waals surface area contributed by atoms with Crippen molar-refractivity contribution in [2.45, 2.75) is 284 Å². The van der Waals surface area contributed by atoms with Gasteiger partial charge in [-0.3, -0.25) is 14.4 Å². The summed E-state index contributed by atoms with van der Waals surface area (Å²) in [6.07, 6.45) is 45.1. The molecule has 1 atom stereocenters. The summed E-state index contributed by atoms with van der Waals surface area (Å²) in [5.74, 6) is -0.0139. The van der Waals surface area contributed by atoms with Crippen LogP contribution in [0.3, 0.4) is 0 Å². The van der Waals surface area contributed by atoms with Gasteiger partial charge in [-0.2, -0.15) is 0 Å². The maximum Gasteiger partial charge on any atom is 0.306 e. The molecule has 0 saturated carbocycles. The first kappa shape index (κ1) is 54.4. The summed E-state index contributed by atoms with van der Waals surface area (Å²) in [6, 6.07) is 0. The molecule has 0 N–H and O–H groups in total. The van der Waals surface area contributed by atoms with Crippen LogP contribution in [-0.4, -0.2) is 37.2 Å². The van der Waals surface area contributed by atoms with E-state index in [1.165, 1.54) is 173 Å². The Bertz CT molecular complexity index is 841. The normalized spacial score (nSPS) is 11.9. The number of rotatable bonds is 45. The van der Waals surface area contributed by atoms with Crippen LogP contribution < -0.4 is 0 Å². The average Bonchev–Trinajstić information content (AvgIpc) is 3.18. The summed E-state index contributed by atoms with van der Waals surface area (Å²) in [5.41, 5.74) is 0. The molecule has 56 heavy (non-hydrogen) atoms. The van der Waals surface area contributed by atoms with Crippen LogP contribution >= 0.6 is 0 Å². The van der Waals surface area contributed by atoms with Gasteiger partial charge in [0.2, 0.25) is 0 Å². The molecule has 0 aromatic rings. The lowest BCUT2D eigenvalue weighted by Crippen LogP contribution is -2.30. The molecule has 0 radical (unpaired) electrons. The first-order chi connectivity index (χ1) is 27.4. The molecular formula is C50H96O6. The lowest BCUT2D eigenvalue weighted by molar-refractivity contribution is -0.167. The van der Waals surface area contributed by atoms with E-state index >= 15 is 0 Å². The average molecular weight is 793 g/mol. The number of carbonyl (C=O) groups is 3. The van der Waals surface area contributed by atoms with Gasteiger partial charge in [0, 0.05) is 19.3 Å². The minimum Gasteiger partial charge on any atom is -0.462 e. The number of esters is 3. The molecule has 0 fully saturated rings. The summed E-state index contributed by atoms with van der Waals surface area (Å²) >= 11 is 0. The Morgan fingerprint density at radius 3 is 0.875 bits per heavy atom. The zero-order chi connectivity index (χ0) is 41.0. The number of unbranched alkanes of at least 4 members (excludes halogenated alkanes) is 32. The van der Waals surface area contributed by atoms with Crippen LogP contribution in [0.25, 0.3) is 0 Å². The molecule has 0 bridgehead atoms. The largest absolute Gasteiger partial charge is 0.462 e. The Morgan fingerprint density at radius 1 is 0.339 bits per heavy atom. The van der Waals surface area contributed by atoms with Gasteiger partial charge >= 0.3 is 17.9 Å². The molecule has 0 aliphatic rings. The molecule has 0 rings (SSSR count). The van der Waals surface area contributed by atoms with Crippen molar-refractivity contribution < 1.29 is 28.6 Å². The van der Waals surface area contributed by atoms with Crippen LogP contribution in [0.4, 0.5) is 0 Å². The van der Waals surface area contributed by atoms with Crippen molar-refractivity contribution in [2.24, 2.45) is 5.92 Å². The molecule has 0 aliphatic heterocycles. The molecular weight excluding hydrogens is 697 g/mol. The SMILES string of the molecule is CCCCCCCCCCCCCCC(=O)OC[C@H](COC(=O)CCCCCCCCCCCCCCC(C)C)OC(=O)CCCCCCCCCCCCC. The number of carbonyl (C=O) groups excluding carboxylic acids is 3. The molecule has 0 aromatic heterocycles. The summed E-state index contributed by atoms with van der Waals surface area (Å²) in [5, 5.41) is 0. The highest BCUT2D eigenvalue weighted by Crippen LogP contribution is 2.17. The fourth-order valence-electron chi connectivity index (χ4n) is 7.51. The molecule has 332 valence electrons. The van der Waals surface area contributed by atoms with Crippen LogP contribution in [0.2, 0.25) is 0 Å². The van der Waals surface area contributed by atoms with Gasteiger partial charge in [-0.1, -0.05) is 240 Å². The first-order valence-corrected chi connectivity index (χ1v) is 24.9. The van der Waals surface area contributed by atoms with Crippen LogP contribution in [0.1, 0.15) is 278 Å². The third-order valence-corrected chi connectivity index (χ3v) is 11.3. The highest BCUT2D eigenvalue weighted by atomic mass is 16.6. The van der Waals surface area contributed by atoms with Gasteiger partial charge in [0.25, 0.3) is 0 Å². The van der Waals surface area contributed by atoms with E-state index in [0.717, 1.165) is 63.7 Å². The minimum atomic E-state index is -0.759. The summed E-state index contributed by atoms with van der Waals surface area (Å²) in [7, 11) is 0. The number of hydrogen-bond acceptors (Lipinski definition) is 6. The van der Waals surface area contributed by atoms with E-state index in [2.05, 4.69) is 27.7 Å². The summed E-state index contributed by atoms with van der Waals surface area (Å²) in [6.45, 7) is 9.01.